The van der Waals surface area contributed by atoms with E-state index in [0.717, 1.165) is 4.31 Å². The van der Waals surface area contributed by atoms with E-state index >= 15 is 0 Å². The summed E-state index contributed by atoms with van der Waals surface area (Å²) >= 11 is 0. The van der Waals surface area contributed by atoms with Crippen molar-refractivity contribution in [3.8, 4) is 0 Å². The van der Waals surface area contributed by atoms with Crippen LogP contribution in [0.3, 0.4) is 0 Å². The van der Waals surface area contributed by atoms with Gasteiger partial charge in [-0.15, -0.1) is 0 Å². The number of carbonyl (C=O) groups is 1. The monoisotopic (exact) mass is 353 g/mol. The standard InChI is InChI=1S/C11H24BN3O7S/c1-8(13)6-22-23(20,21)15-5-9(3-2-4-12(18)19)11(14,7-15)10(16)17/h8-9,18-19H,2-7,13-14H2,1H3,(H,16,17)/t8?,9-,11-/m0/s1. The van der Waals surface area contributed by atoms with E-state index in [1.807, 2.05) is 0 Å². The molecule has 0 aromatic heterocycles. The van der Waals surface area contributed by atoms with Gasteiger partial charge in [0.05, 0.1) is 6.61 Å². The summed E-state index contributed by atoms with van der Waals surface area (Å²) in [5.74, 6) is -1.97. The fourth-order valence-electron chi connectivity index (χ4n) is 2.47. The maximum absolute atomic E-state index is 12.1. The maximum atomic E-state index is 12.1. The van der Waals surface area contributed by atoms with Crippen LogP contribution in [-0.4, -0.2) is 72.2 Å². The smallest absolute Gasteiger partial charge is 0.451 e. The minimum absolute atomic E-state index is 0.0557. The zero-order valence-corrected chi connectivity index (χ0v) is 13.8. The average molecular weight is 353 g/mol. The molecule has 1 saturated heterocycles. The highest BCUT2D eigenvalue weighted by Crippen LogP contribution is 2.32. The third-order valence-electron chi connectivity index (χ3n) is 3.80. The van der Waals surface area contributed by atoms with Crippen molar-refractivity contribution in [2.45, 2.75) is 37.7 Å². The summed E-state index contributed by atoms with van der Waals surface area (Å²) in [6, 6.07) is -0.490. The van der Waals surface area contributed by atoms with Crippen LogP contribution in [0.25, 0.3) is 0 Å². The molecule has 23 heavy (non-hydrogen) atoms. The summed E-state index contributed by atoms with van der Waals surface area (Å²) in [5, 5.41) is 27.0. The van der Waals surface area contributed by atoms with Crippen LogP contribution in [0.4, 0.5) is 0 Å². The Kier molecular flexibility index (Phi) is 6.95. The Morgan fingerprint density at radius 1 is 1.52 bits per heavy atom. The van der Waals surface area contributed by atoms with Gasteiger partial charge in [0.15, 0.2) is 0 Å². The summed E-state index contributed by atoms with van der Waals surface area (Å²) in [6.45, 7) is 0.847. The molecule has 1 rings (SSSR count). The minimum atomic E-state index is -4.12. The molecule has 0 bridgehead atoms. The molecule has 7 N–H and O–H groups in total. The second-order valence-corrected chi connectivity index (χ2v) is 7.57. The molecule has 12 heteroatoms. The number of hydrogen-bond acceptors (Lipinski definition) is 8. The lowest BCUT2D eigenvalue weighted by Gasteiger charge is -2.25. The van der Waals surface area contributed by atoms with Crippen LogP contribution in [0.15, 0.2) is 0 Å². The SMILES string of the molecule is CC(N)COS(=O)(=O)N1C[C@H](CCCB(O)O)[C@](N)(C(=O)O)C1. The minimum Gasteiger partial charge on any atom is -0.480 e. The molecule has 1 unspecified atom stereocenters. The van der Waals surface area contributed by atoms with E-state index < -0.39 is 47.4 Å². The Hall–Kier alpha value is -0.755. The third-order valence-corrected chi connectivity index (χ3v) is 5.14. The van der Waals surface area contributed by atoms with Crippen molar-refractivity contribution in [3.05, 3.63) is 0 Å². The number of nitrogens with two attached hydrogens (primary N) is 2. The van der Waals surface area contributed by atoms with Gasteiger partial charge < -0.3 is 26.6 Å². The van der Waals surface area contributed by atoms with Gasteiger partial charge in [-0.3, -0.25) is 8.98 Å². The van der Waals surface area contributed by atoms with Crippen LogP contribution in [0, 0.1) is 5.92 Å². The Balaban J connectivity index is 2.81. The zero-order chi connectivity index (χ0) is 17.8. The molecular formula is C11H24BN3O7S. The molecule has 0 aromatic rings. The molecule has 1 heterocycles. The predicted molar refractivity (Wildman–Crippen MR) is 82.4 cm³/mol. The molecule has 1 fully saturated rings. The van der Waals surface area contributed by atoms with Gasteiger partial charge in [0.1, 0.15) is 5.54 Å². The number of hydrogen-bond donors (Lipinski definition) is 5. The molecule has 0 amide bonds. The van der Waals surface area contributed by atoms with E-state index in [-0.39, 0.29) is 25.9 Å². The molecule has 0 saturated carbocycles. The molecule has 10 nitrogen and oxygen atoms in total. The van der Waals surface area contributed by atoms with Crippen molar-refractivity contribution in [2.24, 2.45) is 17.4 Å². The molecule has 3 atom stereocenters. The van der Waals surface area contributed by atoms with E-state index in [2.05, 4.69) is 0 Å². The molecule has 0 aromatic carbocycles. The summed E-state index contributed by atoms with van der Waals surface area (Å²) in [6.07, 6.45) is 0.614. The molecule has 0 aliphatic carbocycles. The van der Waals surface area contributed by atoms with Crippen molar-refractivity contribution in [3.63, 3.8) is 0 Å². The number of carboxylic acid groups (broad SMARTS) is 1. The van der Waals surface area contributed by atoms with Gasteiger partial charge in [0.25, 0.3) is 0 Å². The highest BCUT2D eigenvalue weighted by atomic mass is 32.2. The van der Waals surface area contributed by atoms with Crippen LogP contribution >= 0.6 is 0 Å². The van der Waals surface area contributed by atoms with Gasteiger partial charge in [0, 0.05) is 25.0 Å². The summed E-state index contributed by atoms with van der Waals surface area (Å²) < 4.78 is 29.9. The second-order valence-electron chi connectivity index (χ2n) is 5.97. The number of aliphatic carboxylic acids is 1. The van der Waals surface area contributed by atoms with Gasteiger partial charge in [0.2, 0.25) is 0 Å². The summed E-state index contributed by atoms with van der Waals surface area (Å²) in [7, 11) is -5.62. The number of rotatable bonds is 9. The number of nitrogens with zero attached hydrogens (tertiary/aromatic N) is 1. The highest BCUT2D eigenvalue weighted by molar-refractivity contribution is 7.84. The van der Waals surface area contributed by atoms with Crippen molar-refractivity contribution in [2.75, 3.05) is 19.7 Å². The van der Waals surface area contributed by atoms with E-state index in [1.54, 1.807) is 6.92 Å². The third kappa shape index (κ3) is 5.38. The topological polar surface area (TPSA) is 176 Å². The lowest BCUT2D eigenvalue weighted by molar-refractivity contribution is -0.144. The first-order valence-electron chi connectivity index (χ1n) is 7.27. The molecule has 134 valence electrons. The first kappa shape index (κ1) is 20.3. The predicted octanol–water partition coefficient (Wildman–Crippen LogP) is -2.44. The Labute approximate surface area is 135 Å². The largest absolute Gasteiger partial charge is 0.480 e. The molecule has 0 radical (unpaired) electrons. The second kappa shape index (κ2) is 7.88. The van der Waals surface area contributed by atoms with Crippen molar-refractivity contribution in [1.29, 1.82) is 0 Å². The maximum Gasteiger partial charge on any atom is 0.451 e. The summed E-state index contributed by atoms with van der Waals surface area (Å²) in [5.41, 5.74) is 9.60. The van der Waals surface area contributed by atoms with Gasteiger partial charge in [-0.2, -0.15) is 12.7 Å². The van der Waals surface area contributed by atoms with E-state index in [4.69, 9.17) is 25.7 Å². The van der Waals surface area contributed by atoms with Gasteiger partial charge >= 0.3 is 23.4 Å². The van der Waals surface area contributed by atoms with E-state index in [9.17, 15) is 18.3 Å². The quantitative estimate of drug-likeness (QED) is 0.282. The zero-order valence-electron chi connectivity index (χ0n) is 13.0. The van der Waals surface area contributed by atoms with Crippen molar-refractivity contribution >= 4 is 23.4 Å². The molecule has 0 spiro atoms. The van der Waals surface area contributed by atoms with Crippen LogP contribution in [0.1, 0.15) is 19.8 Å². The average Bonchev–Trinajstić information content (AvgIpc) is 2.76. The van der Waals surface area contributed by atoms with Gasteiger partial charge in [-0.25, -0.2) is 0 Å². The first-order valence-corrected chi connectivity index (χ1v) is 8.64. The van der Waals surface area contributed by atoms with Gasteiger partial charge in [-0.1, -0.05) is 6.42 Å². The highest BCUT2D eigenvalue weighted by Gasteiger charge is 2.52. The van der Waals surface area contributed by atoms with Crippen molar-refractivity contribution < 1.29 is 32.5 Å². The van der Waals surface area contributed by atoms with E-state index in [1.165, 1.54) is 0 Å². The Morgan fingerprint density at radius 3 is 2.61 bits per heavy atom. The lowest BCUT2D eigenvalue weighted by atomic mass is 9.78. The van der Waals surface area contributed by atoms with Crippen LogP contribution in [-0.2, 0) is 19.3 Å². The van der Waals surface area contributed by atoms with Crippen LogP contribution in [0.5, 0.6) is 0 Å². The van der Waals surface area contributed by atoms with Gasteiger partial charge in [-0.05, 0) is 19.7 Å². The Morgan fingerprint density at radius 2 is 2.13 bits per heavy atom. The molecule has 1 aliphatic heterocycles. The van der Waals surface area contributed by atoms with Crippen LogP contribution in [0.2, 0.25) is 6.32 Å². The molecular weight excluding hydrogens is 329 g/mol. The normalized spacial score (nSPS) is 27.1. The van der Waals surface area contributed by atoms with Crippen LogP contribution < -0.4 is 11.5 Å². The molecule has 1 aliphatic rings. The lowest BCUT2D eigenvalue weighted by Crippen LogP contribution is -2.55. The summed E-state index contributed by atoms with van der Waals surface area (Å²) in [4.78, 5) is 11.5. The van der Waals surface area contributed by atoms with Crippen molar-refractivity contribution in [1.82, 2.24) is 4.31 Å². The fourth-order valence-corrected chi connectivity index (χ4v) is 3.74. The Bertz CT molecular complexity index is 516. The number of carboxylic acids is 1. The van der Waals surface area contributed by atoms with E-state index in [0.29, 0.717) is 6.42 Å². The first-order chi connectivity index (χ1) is 10.5. The fraction of sp³-hybridized carbons (Fsp3) is 0.909.